The van der Waals surface area contributed by atoms with Crippen LogP contribution in [0.2, 0.25) is 0 Å². The van der Waals surface area contributed by atoms with Crippen LogP contribution in [0.3, 0.4) is 0 Å². The minimum atomic E-state index is -3.75. The fourth-order valence-corrected chi connectivity index (χ4v) is 3.65. The Kier molecular flexibility index (Phi) is 13.0. The highest BCUT2D eigenvalue weighted by molar-refractivity contribution is 14.0. The lowest BCUT2D eigenvalue weighted by Crippen LogP contribution is -2.40. The molecule has 10 heteroatoms. The van der Waals surface area contributed by atoms with Crippen LogP contribution in [-0.4, -0.2) is 63.7 Å². The Morgan fingerprint density at radius 1 is 1.14 bits per heavy atom. The molecule has 0 aliphatic rings. The quantitative estimate of drug-likeness (QED) is 0.276. The normalized spacial score (nSPS) is 11.5. The Morgan fingerprint density at radius 3 is 2.36 bits per heavy atom. The second kappa shape index (κ2) is 13.7. The van der Waals surface area contributed by atoms with Gasteiger partial charge >= 0.3 is 0 Å². The van der Waals surface area contributed by atoms with Gasteiger partial charge < -0.3 is 15.5 Å². The molecule has 2 N–H and O–H groups in total. The summed E-state index contributed by atoms with van der Waals surface area (Å²) in [5, 5.41) is 6.01. The first-order chi connectivity index (χ1) is 12.9. The van der Waals surface area contributed by atoms with Gasteiger partial charge in [0.2, 0.25) is 5.91 Å². The lowest BCUT2D eigenvalue weighted by molar-refractivity contribution is -0.130. The van der Waals surface area contributed by atoms with E-state index in [9.17, 15) is 17.6 Å². The van der Waals surface area contributed by atoms with E-state index >= 15 is 0 Å². The molecule has 0 atom stereocenters. The van der Waals surface area contributed by atoms with Gasteiger partial charge in [-0.3, -0.25) is 9.79 Å². The maximum atomic E-state index is 13.7. The molecule has 1 aromatic rings. The van der Waals surface area contributed by atoms with Gasteiger partial charge in [0.25, 0.3) is 0 Å². The zero-order valence-corrected chi connectivity index (χ0v) is 19.7. The monoisotopic (exact) mass is 528 g/mol. The second-order valence-electron chi connectivity index (χ2n) is 5.75. The number of halogens is 2. The maximum absolute atomic E-state index is 13.7. The van der Waals surface area contributed by atoms with Gasteiger partial charge in [-0.15, -0.1) is 24.0 Å². The molecule has 0 unspecified atom stereocenters. The first-order valence-electron chi connectivity index (χ1n) is 9.12. The highest BCUT2D eigenvalue weighted by atomic mass is 127. The molecule has 160 valence electrons. The Balaban J connectivity index is 0.00000729. The molecular formula is C18H30FIN4O3S. The molecule has 7 nitrogen and oxygen atoms in total. The standard InChI is InChI=1S/C18H29FN4O3S.HI/c1-4-20-18(21-12-11-17(24)23(5-2)6-3)22-13-14-27(25,26)16-10-8-7-9-15(16)19;/h7-10H,4-6,11-14H2,1-3H3,(H2,20,21,22);1H. The summed E-state index contributed by atoms with van der Waals surface area (Å²) >= 11 is 0. The van der Waals surface area contributed by atoms with Crippen LogP contribution in [0.25, 0.3) is 0 Å². The molecule has 0 bridgehead atoms. The van der Waals surface area contributed by atoms with E-state index in [1.807, 2.05) is 20.8 Å². The topological polar surface area (TPSA) is 90.9 Å². The van der Waals surface area contributed by atoms with E-state index in [1.165, 1.54) is 18.2 Å². The largest absolute Gasteiger partial charge is 0.357 e. The molecule has 0 radical (unpaired) electrons. The van der Waals surface area contributed by atoms with Crippen LogP contribution in [0.15, 0.2) is 34.2 Å². The first kappa shape index (κ1) is 26.6. The predicted octanol–water partition coefficient (Wildman–Crippen LogP) is 2.03. The summed E-state index contributed by atoms with van der Waals surface area (Å²) < 4.78 is 38.2. The van der Waals surface area contributed by atoms with Crippen molar-refractivity contribution in [3.8, 4) is 0 Å². The minimum Gasteiger partial charge on any atom is -0.357 e. The molecule has 28 heavy (non-hydrogen) atoms. The number of guanidine groups is 1. The molecule has 1 amide bonds. The van der Waals surface area contributed by atoms with Gasteiger partial charge in [-0.2, -0.15) is 0 Å². The van der Waals surface area contributed by atoms with Gasteiger partial charge in [0.1, 0.15) is 10.7 Å². The Bertz CT molecular complexity index is 740. The first-order valence-corrected chi connectivity index (χ1v) is 10.8. The fourth-order valence-electron chi connectivity index (χ4n) is 2.45. The van der Waals surface area contributed by atoms with Gasteiger partial charge in [-0.1, -0.05) is 12.1 Å². The van der Waals surface area contributed by atoms with Crippen molar-refractivity contribution in [2.45, 2.75) is 32.1 Å². The lowest BCUT2D eigenvalue weighted by atomic mass is 10.3. The number of hydrogen-bond acceptors (Lipinski definition) is 4. The summed E-state index contributed by atoms with van der Waals surface area (Å²) in [5.74, 6) is -0.594. The third kappa shape index (κ3) is 8.72. The zero-order valence-electron chi connectivity index (χ0n) is 16.6. The van der Waals surface area contributed by atoms with Crippen molar-refractivity contribution in [1.82, 2.24) is 15.5 Å². The van der Waals surface area contributed by atoms with E-state index in [0.717, 1.165) is 6.07 Å². The van der Waals surface area contributed by atoms with Crippen molar-refractivity contribution >= 4 is 45.7 Å². The summed E-state index contributed by atoms with van der Waals surface area (Å²) in [6.07, 6.45) is 0.319. The predicted molar refractivity (Wildman–Crippen MR) is 120 cm³/mol. The van der Waals surface area contributed by atoms with Gasteiger partial charge in [-0.25, -0.2) is 12.8 Å². The van der Waals surface area contributed by atoms with Crippen LogP contribution in [0.1, 0.15) is 27.2 Å². The molecule has 0 aromatic heterocycles. The van der Waals surface area contributed by atoms with E-state index in [4.69, 9.17) is 0 Å². The van der Waals surface area contributed by atoms with E-state index in [1.54, 1.807) is 4.90 Å². The molecular weight excluding hydrogens is 498 g/mol. The van der Waals surface area contributed by atoms with E-state index < -0.39 is 15.7 Å². The second-order valence-corrected chi connectivity index (χ2v) is 7.83. The summed E-state index contributed by atoms with van der Waals surface area (Å²) in [6, 6.07) is 5.29. The Hall–Kier alpha value is -1.43. The van der Waals surface area contributed by atoms with Crippen LogP contribution in [0, 0.1) is 5.82 Å². The smallest absolute Gasteiger partial charge is 0.224 e. The number of carbonyl (C=O) groups excluding carboxylic acids is 1. The number of aliphatic imine (C=N–C) groups is 1. The molecule has 0 heterocycles. The summed E-state index contributed by atoms with van der Waals surface area (Å²) in [4.78, 5) is 17.6. The molecule has 0 saturated carbocycles. The number of nitrogens with zero attached hydrogens (tertiary/aromatic N) is 2. The number of carbonyl (C=O) groups is 1. The van der Waals surface area contributed by atoms with Gasteiger partial charge in [-0.05, 0) is 32.9 Å². The molecule has 0 spiro atoms. The molecule has 1 rings (SSSR count). The number of amides is 1. The van der Waals surface area contributed by atoms with E-state index in [2.05, 4.69) is 15.6 Å². The molecule has 0 saturated heterocycles. The van der Waals surface area contributed by atoms with Crippen molar-refractivity contribution in [2.24, 2.45) is 4.99 Å². The average molecular weight is 528 g/mol. The number of hydrogen-bond donors (Lipinski definition) is 2. The Morgan fingerprint density at radius 2 is 1.79 bits per heavy atom. The minimum absolute atomic E-state index is 0. The molecule has 0 aliphatic carbocycles. The van der Waals surface area contributed by atoms with Crippen LogP contribution in [0.4, 0.5) is 4.39 Å². The third-order valence-corrected chi connectivity index (χ3v) is 5.61. The number of rotatable bonds is 10. The van der Waals surface area contributed by atoms with E-state index in [0.29, 0.717) is 38.6 Å². The average Bonchev–Trinajstić information content (AvgIpc) is 2.63. The highest BCUT2D eigenvalue weighted by Crippen LogP contribution is 2.14. The SMILES string of the molecule is CCNC(=NCCS(=O)(=O)c1ccccc1F)NCCC(=O)N(CC)CC.I. The maximum Gasteiger partial charge on any atom is 0.224 e. The van der Waals surface area contributed by atoms with Crippen molar-refractivity contribution in [2.75, 3.05) is 38.5 Å². The summed E-state index contributed by atoms with van der Waals surface area (Å²) in [7, 11) is -3.75. The Labute approximate surface area is 184 Å². The highest BCUT2D eigenvalue weighted by Gasteiger charge is 2.18. The number of nitrogens with one attached hydrogen (secondary N) is 2. The van der Waals surface area contributed by atoms with Crippen LogP contribution < -0.4 is 10.6 Å². The van der Waals surface area contributed by atoms with Crippen molar-refractivity contribution in [3.05, 3.63) is 30.1 Å². The molecule has 0 fully saturated rings. The van der Waals surface area contributed by atoms with Crippen LogP contribution in [0.5, 0.6) is 0 Å². The van der Waals surface area contributed by atoms with Gasteiger partial charge in [0.05, 0.1) is 12.3 Å². The van der Waals surface area contributed by atoms with E-state index in [-0.39, 0.29) is 47.1 Å². The number of benzene rings is 1. The fraction of sp³-hybridized carbons (Fsp3) is 0.556. The van der Waals surface area contributed by atoms with Gasteiger partial charge in [0, 0.05) is 32.6 Å². The summed E-state index contributed by atoms with van der Waals surface area (Å²) in [5.41, 5.74) is 0. The van der Waals surface area contributed by atoms with Crippen LogP contribution in [-0.2, 0) is 14.6 Å². The van der Waals surface area contributed by atoms with Crippen molar-refractivity contribution < 1.29 is 17.6 Å². The van der Waals surface area contributed by atoms with Crippen LogP contribution >= 0.6 is 24.0 Å². The van der Waals surface area contributed by atoms with Gasteiger partial charge in [0.15, 0.2) is 15.8 Å². The summed E-state index contributed by atoms with van der Waals surface area (Å²) in [6.45, 7) is 8.03. The zero-order chi connectivity index (χ0) is 20.3. The molecule has 0 aliphatic heterocycles. The molecule has 1 aromatic carbocycles. The lowest BCUT2D eigenvalue weighted by Gasteiger charge is -2.19. The number of sulfone groups is 1. The van der Waals surface area contributed by atoms with Crippen molar-refractivity contribution in [1.29, 1.82) is 0 Å². The third-order valence-electron chi connectivity index (χ3n) is 3.89. The van der Waals surface area contributed by atoms with Crippen molar-refractivity contribution in [3.63, 3.8) is 0 Å².